The summed E-state index contributed by atoms with van der Waals surface area (Å²) in [4.78, 5) is 12.2. The number of aliphatic hydroxyl groups is 1. The van der Waals surface area contributed by atoms with Crippen molar-refractivity contribution in [3.05, 3.63) is 29.8 Å². The number of methoxy groups -OCH3 is 1. The number of fused-ring (bicyclic) bond motifs is 2. The lowest BCUT2D eigenvalue weighted by Gasteiger charge is -2.21. The molecule has 2 saturated carbocycles. The third-order valence-electron chi connectivity index (χ3n) is 5.32. The van der Waals surface area contributed by atoms with Crippen LogP contribution in [0.15, 0.2) is 24.3 Å². The highest BCUT2D eigenvalue weighted by atomic mass is 16.5. The molecule has 0 heterocycles. The predicted molar refractivity (Wildman–Crippen MR) is 90.6 cm³/mol. The van der Waals surface area contributed by atoms with Crippen LogP contribution in [0.2, 0.25) is 0 Å². The Kier molecular flexibility index (Phi) is 5.74. The zero-order valence-corrected chi connectivity index (χ0v) is 14.2. The zero-order chi connectivity index (χ0) is 16.9. The van der Waals surface area contributed by atoms with Crippen molar-refractivity contribution in [1.82, 2.24) is 5.32 Å². The first-order valence-corrected chi connectivity index (χ1v) is 8.82. The average molecular weight is 333 g/mol. The molecule has 132 valence electrons. The standard InChI is InChI=1S/C19H27NO4/c1-23-17-6-3-13(4-7-17)11-24-12-16(21)10-20-19(22)18-9-14-2-5-15(18)8-14/h3-4,6-7,14-16,18,21H,2,5,8-12H2,1H3,(H,20,22). The molecule has 0 spiro atoms. The number of aliphatic hydroxyl groups excluding tert-OH is 1. The summed E-state index contributed by atoms with van der Waals surface area (Å²) in [7, 11) is 1.63. The van der Waals surface area contributed by atoms with Gasteiger partial charge in [-0.25, -0.2) is 0 Å². The number of benzene rings is 1. The molecule has 24 heavy (non-hydrogen) atoms. The van der Waals surface area contributed by atoms with Gasteiger partial charge in [-0.3, -0.25) is 4.79 Å². The van der Waals surface area contributed by atoms with Crippen molar-refractivity contribution < 1.29 is 19.4 Å². The molecule has 2 aliphatic rings. The quantitative estimate of drug-likeness (QED) is 0.765. The Morgan fingerprint density at radius 1 is 1.29 bits per heavy atom. The summed E-state index contributed by atoms with van der Waals surface area (Å²) < 4.78 is 10.6. The van der Waals surface area contributed by atoms with Gasteiger partial charge in [-0.2, -0.15) is 0 Å². The van der Waals surface area contributed by atoms with Crippen LogP contribution < -0.4 is 10.1 Å². The fraction of sp³-hybridized carbons (Fsp3) is 0.632. The summed E-state index contributed by atoms with van der Waals surface area (Å²) in [6, 6.07) is 7.62. The second-order valence-electron chi connectivity index (χ2n) is 7.04. The Morgan fingerprint density at radius 2 is 2.08 bits per heavy atom. The molecule has 5 heteroatoms. The molecule has 4 unspecified atom stereocenters. The van der Waals surface area contributed by atoms with Crippen LogP contribution >= 0.6 is 0 Å². The molecule has 4 atom stereocenters. The maximum absolute atomic E-state index is 12.2. The number of nitrogens with one attached hydrogen (secondary N) is 1. The second-order valence-corrected chi connectivity index (χ2v) is 7.04. The van der Waals surface area contributed by atoms with E-state index in [4.69, 9.17) is 9.47 Å². The summed E-state index contributed by atoms with van der Waals surface area (Å²) in [5.74, 6) is 2.40. The highest BCUT2D eigenvalue weighted by Crippen LogP contribution is 2.48. The largest absolute Gasteiger partial charge is 0.497 e. The molecular formula is C19H27NO4. The van der Waals surface area contributed by atoms with Crippen molar-refractivity contribution in [1.29, 1.82) is 0 Å². The molecule has 1 aromatic carbocycles. The SMILES string of the molecule is COc1ccc(COCC(O)CNC(=O)C2CC3CCC2C3)cc1. The minimum atomic E-state index is -0.675. The van der Waals surface area contributed by atoms with Crippen molar-refractivity contribution >= 4 is 5.91 Å². The van der Waals surface area contributed by atoms with E-state index in [1.165, 1.54) is 19.3 Å². The van der Waals surface area contributed by atoms with Gasteiger partial charge in [-0.15, -0.1) is 0 Å². The van der Waals surface area contributed by atoms with Crippen molar-refractivity contribution in [2.45, 2.75) is 38.4 Å². The number of carbonyl (C=O) groups is 1. The number of amides is 1. The van der Waals surface area contributed by atoms with Gasteiger partial charge in [-0.1, -0.05) is 18.6 Å². The van der Waals surface area contributed by atoms with Crippen molar-refractivity contribution in [3.8, 4) is 5.75 Å². The second kappa shape index (κ2) is 7.99. The summed E-state index contributed by atoms with van der Waals surface area (Å²) in [5, 5.41) is 12.9. The molecular weight excluding hydrogens is 306 g/mol. The van der Waals surface area contributed by atoms with E-state index < -0.39 is 6.10 Å². The third-order valence-corrected chi connectivity index (χ3v) is 5.32. The topological polar surface area (TPSA) is 67.8 Å². The van der Waals surface area contributed by atoms with E-state index >= 15 is 0 Å². The van der Waals surface area contributed by atoms with Crippen LogP contribution in [0.3, 0.4) is 0 Å². The molecule has 2 aliphatic carbocycles. The first-order valence-electron chi connectivity index (χ1n) is 8.82. The van der Waals surface area contributed by atoms with Crippen LogP contribution in [0.25, 0.3) is 0 Å². The van der Waals surface area contributed by atoms with Gasteiger partial charge in [0.1, 0.15) is 5.75 Å². The Balaban J connectivity index is 1.32. The molecule has 2 fully saturated rings. The lowest BCUT2D eigenvalue weighted by Crippen LogP contribution is -2.39. The van der Waals surface area contributed by atoms with Gasteiger partial charge in [-0.05, 0) is 48.8 Å². The van der Waals surface area contributed by atoms with E-state index in [0.29, 0.717) is 12.5 Å². The first kappa shape index (κ1) is 17.2. The Morgan fingerprint density at radius 3 is 2.71 bits per heavy atom. The van der Waals surface area contributed by atoms with Gasteiger partial charge in [0, 0.05) is 12.5 Å². The van der Waals surface area contributed by atoms with Crippen LogP contribution in [0.1, 0.15) is 31.2 Å². The maximum Gasteiger partial charge on any atom is 0.223 e. The molecule has 5 nitrogen and oxygen atoms in total. The summed E-state index contributed by atoms with van der Waals surface area (Å²) in [6.45, 7) is 0.903. The molecule has 3 rings (SSSR count). The summed E-state index contributed by atoms with van der Waals surface area (Å²) in [5.41, 5.74) is 1.02. The smallest absolute Gasteiger partial charge is 0.223 e. The van der Waals surface area contributed by atoms with Crippen LogP contribution in [0.4, 0.5) is 0 Å². The molecule has 1 amide bonds. The van der Waals surface area contributed by atoms with Crippen molar-refractivity contribution in [2.75, 3.05) is 20.3 Å². The lowest BCUT2D eigenvalue weighted by molar-refractivity contribution is -0.127. The monoisotopic (exact) mass is 333 g/mol. The zero-order valence-electron chi connectivity index (χ0n) is 14.2. The van der Waals surface area contributed by atoms with Crippen LogP contribution in [0.5, 0.6) is 5.75 Å². The molecule has 1 aromatic rings. The normalized spacial score (nSPS) is 26.3. The minimum absolute atomic E-state index is 0.108. The number of hydrogen-bond acceptors (Lipinski definition) is 4. The van der Waals surface area contributed by atoms with Crippen LogP contribution in [-0.4, -0.2) is 37.4 Å². The van der Waals surface area contributed by atoms with Crippen LogP contribution in [0, 0.1) is 17.8 Å². The van der Waals surface area contributed by atoms with Gasteiger partial charge in [0.2, 0.25) is 5.91 Å². The van der Waals surface area contributed by atoms with E-state index in [9.17, 15) is 9.90 Å². The van der Waals surface area contributed by atoms with Crippen molar-refractivity contribution in [2.24, 2.45) is 17.8 Å². The fourth-order valence-electron chi connectivity index (χ4n) is 4.01. The van der Waals surface area contributed by atoms with Gasteiger partial charge in [0.05, 0.1) is 26.4 Å². The number of rotatable bonds is 8. The first-order chi connectivity index (χ1) is 11.7. The number of ether oxygens (including phenoxy) is 2. The van der Waals surface area contributed by atoms with E-state index in [-0.39, 0.29) is 25.0 Å². The molecule has 2 bridgehead atoms. The minimum Gasteiger partial charge on any atom is -0.497 e. The molecule has 2 N–H and O–H groups in total. The van der Waals surface area contributed by atoms with Gasteiger partial charge in [0.25, 0.3) is 0 Å². The van der Waals surface area contributed by atoms with Gasteiger partial charge < -0.3 is 19.9 Å². The Bertz CT molecular complexity index is 545. The predicted octanol–water partition coefficient (Wildman–Crippen LogP) is 2.13. The van der Waals surface area contributed by atoms with Crippen molar-refractivity contribution in [3.63, 3.8) is 0 Å². The molecule has 0 aliphatic heterocycles. The maximum atomic E-state index is 12.2. The molecule has 0 aromatic heterocycles. The average Bonchev–Trinajstić information content (AvgIpc) is 3.23. The fourth-order valence-corrected chi connectivity index (χ4v) is 4.01. The highest BCUT2D eigenvalue weighted by molar-refractivity contribution is 5.79. The number of carbonyl (C=O) groups excluding carboxylic acids is 1. The molecule has 0 radical (unpaired) electrons. The van der Waals surface area contributed by atoms with E-state index in [2.05, 4.69) is 5.32 Å². The van der Waals surface area contributed by atoms with E-state index in [0.717, 1.165) is 23.7 Å². The van der Waals surface area contributed by atoms with E-state index in [1.54, 1.807) is 7.11 Å². The highest BCUT2D eigenvalue weighted by Gasteiger charge is 2.42. The summed E-state index contributed by atoms with van der Waals surface area (Å²) in [6.07, 6.45) is 4.05. The van der Waals surface area contributed by atoms with Crippen LogP contribution in [-0.2, 0) is 16.1 Å². The Labute approximate surface area is 143 Å². The summed E-state index contributed by atoms with van der Waals surface area (Å²) >= 11 is 0. The lowest BCUT2D eigenvalue weighted by atomic mass is 9.88. The molecule has 0 saturated heterocycles. The third kappa shape index (κ3) is 4.28. The van der Waals surface area contributed by atoms with Gasteiger partial charge in [0.15, 0.2) is 0 Å². The Hall–Kier alpha value is -1.59. The number of hydrogen-bond donors (Lipinski definition) is 2. The van der Waals surface area contributed by atoms with E-state index in [1.807, 2.05) is 24.3 Å². The van der Waals surface area contributed by atoms with Gasteiger partial charge >= 0.3 is 0 Å².